The third kappa shape index (κ3) is 3.56. The van der Waals surface area contributed by atoms with Crippen molar-refractivity contribution in [1.82, 2.24) is 10.2 Å². The minimum Gasteiger partial charge on any atom is -0.467 e. The van der Waals surface area contributed by atoms with E-state index >= 15 is 0 Å². The molecule has 1 aliphatic rings. The van der Waals surface area contributed by atoms with Crippen LogP contribution in [0.25, 0.3) is 0 Å². The first-order chi connectivity index (χ1) is 8.29. The van der Waals surface area contributed by atoms with Crippen LogP contribution in [0.4, 0.5) is 0 Å². The second kappa shape index (κ2) is 6.19. The number of hydrogen-bond donors (Lipinski definition) is 1. The van der Waals surface area contributed by atoms with Crippen molar-refractivity contribution < 1.29 is 9.15 Å². The molecule has 0 spiro atoms. The maximum Gasteiger partial charge on any atom is 0.133 e. The highest BCUT2D eigenvalue weighted by Crippen LogP contribution is 2.17. The first-order valence-electron chi connectivity index (χ1n) is 6.29. The highest BCUT2D eigenvalue weighted by Gasteiger charge is 2.18. The predicted molar refractivity (Wildman–Crippen MR) is 66.8 cm³/mol. The van der Waals surface area contributed by atoms with Crippen LogP contribution in [-0.2, 0) is 17.9 Å². The van der Waals surface area contributed by atoms with E-state index in [0.29, 0.717) is 12.7 Å². The van der Waals surface area contributed by atoms with Gasteiger partial charge < -0.3 is 19.4 Å². The van der Waals surface area contributed by atoms with Gasteiger partial charge in [0.25, 0.3) is 0 Å². The van der Waals surface area contributed by atoms with Crippen LogP contribution in [0.2, 0.25) is 0 Å². The molecule has 0 radical (unpaired) electrons. The maximum atomic E-state index is 5.91. The van der Waals surface area contributed by atoms with Crippen molar-refractivity contribution >= 4 is 0 Å². The Morgan fingerprint density at radius 1 is 1.47 bits per heavy atom. The van der Waals surface area contributed by atoms with Crippen molar-refractivity contribution in [3.8, 4) is 0 Å². The van der Waals surface area contributed by atoms with Crippen LogP contribution in [0.3, 0.4) is 0 Å². The molecule has 1 aromatic rings. The van der Waals surface area contributed by atoms with Gasteiger partial charge in [0, 0.05) is 25.2 Å². The van der Waals surface area contributed by atoms with E-state index < -0.39 is 0 Å². The van der Waals surface area contributed by atoms with Gasteiger partial charge in [-0.2, -0.15) is 0 Å². The molecule has 96 valence electrons. The fourth-order valence-corrected chi connectivity index (χ4v) is 2.19. The summed E-state index contributed by atoms with van der Waals surface area (Å²) in [7, 11) is 4.10. The SMILES string of the molecule is CNCc1ccoc1COC1CCN(C)CC1. The molecule has 1 saturated heterocycles. The van der Waals surface area contributed by atoms with Gasteiger partial charge in [-0.1, -0.05) is 0 Å². The van der Waals surface area contributed by atoms with E-state index in [1.165, 1.54) is 5.56 Å². The van der Waals surface area contributed by atoms with Crippen LogP contribution >= 0.6 is 0 Å². The lowest BCUT2D eigenvalue weighted by Gasteiger charge is -2.28. The topological polar surface area (TPSA) is 37.6 Å². The van der Waals surface area contributed by atoms with Crippen molar-refractivity contribution in [2.75, 3.05) is 27.2 Å². The van der Waals surface area contributed by atoms with E-state index in [9.17, 15) is 0 Å². The molecule has 2 heterocycles. The Morgan fingerprint density at radius 3 is 2.94 bits per heavy atom. The number of piperidine rings is 1. The molecule has 0 aliphatic carbocycles. The first-order valence-corrected chi connectivity index (χ1v) is 6.29. The van der Waals surface area contributed by atoms with Gasteiger partial charge in [-0.15, -0.1) is 0 Å². The summed E-state index contributed by atoms with van der Waals surface area (Å²) in [5.74, 6) is 0.957. The van der Waals surface area contributed by atoms with Gasteiger partial charge in [0.1, 0.15) is 12.4 Å². The summed E-state index contributed by atoms with van der Waals surface area (Å²) in [6.07, 6.45) is 4.37. The fraction of sp³-hybridized carbons (Fsp3) is 0.692. The number of rotatable bonds is 5. The van der Waals surface area contributed by atoms with Gasteiger partial charge >= 0.3 is 0 Å². The summed E-state index contributed by atoms with van der Waals surface area (Å²) >= 11 is 0. The van der Waals surface area contributed by atoms with E-state index in [1.54, 1.807) is 6.26 Å². The lowest BCUT2D eigenvalue weighted by atomic mass is 10.1. The van der Waals surface area contributed by atoms with Gasteiger partial charge in [-0.05, 0) is 33.0 Å². The normalized spacial score (nSPS) is 18.7. The highest BCUT2D eigenvalue weighted by atomic mass is 16.5. The Bertz CT molecular complexity index is 330. The molecule has 4 nitrogen and oxygen atoms in total. The average molecular weight is 238 g/mol. The van der Waals surface area contributed by atoms with Gasteiger partial charge in [0.2, 0.25) is 0 Å². The smallest absolute Gasteiger partial charge is 0.133 e. The number of ether oxygens (including phenoxy) is 1. The lowest BCUT2D eigenvalue weighted by Crippen LogP contribution is -2.34. The molecule has 0 unspecified atom stereocenters. The minimum absolute atomic E-state index is 0.388. The third-order valence-corrected chi connectivity index (χ3v) is 3.32. The Kier molecular flexibility index (Phi) is 4.59. The molecular weight excluding hydrogens is 216 g/mol. The van der Waals surface area contributed by atoms with Crippen molar-refractivity contribution in [3.63, 3.8) is 0 Å². The monoisotopic (exact) mass is 238 g/mol. The first kappa shape index (κ1) is 12.6. The van der Waals surface area contributed by atoms with E-state index in [1.807, 2.05) is 13.1 Å². The lowest BCUT2D eigenvalue weighted by molar-refractivity contribution is -0.00516. The number of likely N-dealkylation sites (tertiary alicyclic amines) is 1. The molecule has 0 saturated carbocycles. The minimum atomic E-state index is 0.388. The summed E-state index contributed by atoms with van der Waals surface area (Å²) in [5, 5.41) is 3.13. The molecule has 1 fully saturated rings. The van der Waals surface area contributed by atoms with E-state index in [-0.39, 0.29) is 0 Å². The maximum absolute atomic E-state index is 5.91. The number of nitrogens with one attached hydrogen (secondary N) is 1. The quantitative estimate of drug-likeness (QED) is 0.845. The Hall–Kier alpha value is -0.840. The van der Waals surface area contributed by atoms with Gasteiger partial charge in [0.05, 0.1) is 12.4 Å². The molecule has 1 aliphatic heterocycles. The van der Waals surface area contributed by atoms with Gasteiger partial charge in [0.15, 0.2) is 0 Å². The molecule has 0 amide bonds. The molecule has 2 rings (SSSR count). The van der Waals surface area contributed by atoms with Crippen molar-refractivity contribution in [2.24, 2.45) is 0 Å². The predicted octanol–water partition coefficient (Wildman–Crippen LogP) is 1.61. The largest absolute Gasteiger partial charge is 0.467 e. The summed E-state index contributed by atoms with van der Waals surface area (Å²) < 4.78 is 11.4. The molecular formula is C13H22N2O2. The van der Waals surface area contributed by atoms with Crippen LogP contribution < -0.4 is 5.32 Å². The van der Waals surface area contributed by atoms with Crippen molar-refractivity contribution in [1.29, 1.82) is 0 Å². The van der Waals surface area contributed by atoms with E-state index in [4.69, 9.17) is 9.15 Å². The molecule has 0 atom stereocenters. The van der Waals surface area contributed by atoms with Gasteiger partial charge in [-0.3, -0.25) is 0 Å². The Morgan fingerprint density at radius 2 is 2.24 bits per heavy atom. The zero-order valence-corrected chi connectivity index (χ0v) is 10.7. The van der Waals surface area contributed by atoms with Crippen LogP contribution in [-0.4, -0.2) is 38.2 Å². The fourth-order valence-electron chi connectivity index (χ4n) is 2.19. The Labute approximate surface area is 103 Å². The zero-order chi connectivity index (χ0) is 12.1. The molecule has 0 bridgehead atoms. The third-order valence-electron chi connectivity index (χ3n) is 3.32. The Balaban J connectivity index is 1.79. The highest BCUT2D eigenvalue weighted by molar-refractivity contribution is 5.15. The van der Waals surface area contributed by atoms with Crippen LogP contribution in [0, 0.1) is 0 Å². The van der Waals surface area contributed by atoms with Crippen molar-refractivity contribution in [2.45, 2.75) is 32.1 Å². The van der Waals surface area contributed by atoms with Gasteiger partial charge in [-0.25, -0.2) is 0 Å². The molecule has 0 aromatic carbocycles. The molecule has 4 heteroatoms. The second-order valence-electron chi connectivity index (χ2n) is 4.71. The number of furan rings is 1. The summed E-state index contributed by atoms with van der Waals surface area (Å²) in [6.45, 7) is 3.69. The van der Waals surface area contributed by atoms with E-state index in [0.717, 1.165) is 38.2 Å². The molecule has 1 aromatic heterocycles. The second-order valence-corrected chi connectivity index (χ2v) is 4.71. The van der Waals surface area contributed by atoms with E-state index in [2.05, 4.69) is 17.3 Å². The summed E-state index contributed by atoms with van der Waals surface area (Å²) in [6, 6.07) is 2.00. The zero-order valence-electron chi connectivity index (χ0n) is 10.7. The summed E-state index contributed by atoms with van der Waals surface area (Å²) in [5.41, 5.74) is 1.19. The van der Waals surface area contributed by atoms with Crippen LogP contribution in [0.5, 0.6) is 0 Å². The number of nitrogens with zero attached hydrogens (tertiary/aromatic N) is 1. The molecule has 1 N–H and O–H groups in total. The van der Waals surface area contributed by atoms with Crippen LogP contribution in [0.15, 0.2) is 16.7 Å². The van der Waals surface area contributed by atoms with Crippen molar-refractivity contribution in [3.05, 3.63) is 23.7 Å². The average Bonchev–Trinajstić information content (AvgIpc) is 2.77. The standard InChI is InChI=1S/C13H22N2O2/c1-14-9-11-5-8-16-13(11)10-17-12-3-6-15(2)7-4-12/h5,8,12,14H,3-4,6-7,9-10H2,1-2H3. The molecule has 17 heavy (non-hydrogen) atoms. The summed E-state index contributed by atoms with van der Waals surface area (Å²) in [4.78, 5) is 2.35. The van der Waals surface area contributed by atoms with Crippen LogP contribution in [0.1, 0.15) is 24.2 Å². The number of hydrogen-bond acceptors (Lipinski definition) is 4.